The van der Waals surface area contributed by atoms with Gasteiger partial charge in [-0.25, -0.2) is 24.1 Å². The molecule has 0 saturated carbocycles. The molecule has 4 heterocycles. The number of aromatic carboxylic acids is 1. The Balaban J connectivity index is 1.88. The average Bonchev–Trinajstić information content (AvgIpc) is 3.10. The van der Waals surface area contributed by atoms with Crippen molar-refractivity contribution in [1.29, 1.82) is 0 Å². The minimum Gasteiger partial charge on any atom is -0.477 e. The SMILES string of the molecule is CN(c1cccnc1)c1nc(-c2cnc3ccc(F)cn23)ncc1C(=O)O. The standard InChI is InChI=1S/C18H13FN6O2/c1-24(12-3-2-6-20-7-12)17-13(18(26)27)8-22-16(23-17)14-9-21-15-5-4-11(19)10-25(14)15/h2-10H,1H3,(H,26,27). The molecule has 4 aromatic heterocycles. The van der Waals surface area contributed by atoms with Crippen molar-refractivity contribution in [3.05, 3.63) is 66.6 Å². The van der Waals surface area contributed by atoms with Crippen LogP contribution in [0.5, 0.6) is 0 Å². The van der Waals surface area contributed by atoms with E-state index in [4.69, 9.17) is 0 Å². The summed E-state index contributed by atoms with van der Waals surface area (Å²) in [5.41, 5.74) is 1.57. The van der Waals surface area contributed by atoms with Gasteiger partial charge in [-0.2, -0.15) is 0 Å². The van der Waals surface area contributed by atoms with Crippen LogP contribution >= 0.6 is 0 Å². The highest BCUT2D eigenvalue weighted by Gasteiger charge is 2.20. The molecule has 1 N–H and O–H groups in total. The lowest BCUT2D eigenvalue weighted by molar-refractivity contribution is 0.0697. The predicted molar refractivity (Wildman–Crippen MR) is 95.4 cm³/mol. The van der Waals surface area contributed by atoms with Crippen LogP contribution in [-0.4, -0.2) is 42.5 Å². The number of nitrogens with zero attached hydrogens (tertiary/aromatic N) is 6. The fourth-order valence-electron chi connectivity index (χ4n) is 2.70. The summed E-state index contributed by atoms with van der Waals surface area (Å²) in [4.78, 5) is 30.0. The Hall–Kier alpha value is -3.88. The van der Waals surface area contributed by atoms with E-state index in [1.54, 1.807) is 36.5 Å². The molecule has 0 amide bonds. The Morgan fingerprint density at radius 2 is 2.04 bits per heavy atom. The number of hydrogen-bond donors (Lipinski definition) is 1. The first-order valence-electron chi connectivity index (χ1n) is 7.91. The van der Waals surface area contributed by atoms with E-state index in [0.29, 0.717) is 17.0 Å². The molecule has 8 nitrogen and oxygen atoms in total. The number of fused-ring (bicyclic) bond motifs is 1. The molecular weight excluding hydrogens is 351 g/mol. The van der Waals surface area contributed by atoms with Crippen molar-refractivity contribution in [2.75, 3.05) is 11.9 Å². The molecular formula is C18H13FN6O2. The highest BCUT2D eigenvalue weighted by atomic mass is 19.1. The van der Waals surface area contributed by atoms with Crippen LogP contribution < -0.4 is 4.90 Å². The third kappa shape index (κ3) is 2.95. The summed E-state index contributed by atoms with van der Waals surface area (Å²) in [5.74, 6) is -1.18. The van der Waals surface area contributed by atoms with Crippen LogP contribution in [0.2, 0.25) is 0 Å². The van der Waals surface area contributed by atoms with Crippen LogP contribution in [0.1, 0.15) is 10.4 Å². The van der Waals surface area contributed by atoms with Crippen LogP contribution in [0.3, 0.4) is 0 Å². The van der Waals surface area contributed by atoms with Gasteiger partial charge in [0, 0.05) is 25.6 Å². The van der Waals surface area contributed by atoms with Crippen LogP contribution in [0.4, 0.5) is 15.9 Å². The summed E-state index contributed by atoms with van der Waals surface area (Å²) < 4.78 is 15.1. The van der Waals surface area contributed by atoms with E-state index in [1.807, 2.05) is 0 Å². The third-order valence-electron chi connectivity index (χ3n) is 4.05. The predicted octanol–water partition coefficient (Wildman–Crippen LogP) is 2.79. The molecule has 0 unspecified atom stereocenters. The van der Waals surface area contributed by atoms with Gasteiger partial charge in [0.2, 0.25) is 0 Å². The van der Waals surface area contributed by atoms with E-state index in [9.17, 15) is 14.3 Å². The van der Waals surface area contributed by atoms with Gasteiger partial charge in [0.25, 0.3) is 0 Å². The Labute approximate surface area is 152 Å². The molecule has 0 bridgehead atoms. The lowest BCUT2D eigenvalue weighted by Gasteiger charge is -2.20. The molecule has 0 aliphatic carbocycles. The van der Waals surface area contributed by atoms with Crippen molar-refractivity contribution in [3.63, 3.8) is 0 Å². The topological polar surface area (TPSA) is 96.5 Å². The van der Waals surface area contributed by atoms with Crippen molar-refractivity contribution < 1.29 is 14.3 Å². The third-order valence-corrected chi connectivity index (χ3v) is 4.05. The normalized spacial score (nSPS) is 10.9. The van der Waals surface area contributed by atoms with Gasteiger partial charge in [0.15, 0.2) is 11.6 Å². The lowest BCUT2D eigenvalue weighted by Crippen LogP contribution is -2.17. The zero-order valence-corrected chi connectivity index (χ0v) is 14.1. The number of aromatic nitrogens is 5. The van der Waals surface area contributed by atoms with Gasteiger partial charge >= 0.3 is 5.97 Å². The van der Waals surface area contributed by atoms with E-state index >= 15 is 0 Å². The molecule has 0 radical (unpaired) electrons. The average molecular weight is 364 g/mol. The minimum atomic E-state index is -1.16. The zero-order valence-electron chi connectivity index (χ0n) is 14.1. The molecule has 134 valence electrons. The number of pyridine rings is 2. The van der Waals surface area contributed by atoms with Crippen LogP contribution in [0.25, 0.3) is 17.2 Å². The number of carboxylic acid groups (broad SMARTS) is 1. The van der Waals surface area contributed by atoms with Crippen LogP contribution in [0.15, 0.2) is 55.2 Å². The van der Waals surface area contributed by atoms with Crippen LogP contribution in [-0.2, 0) is 0 Å². The van der Waals surface area contributed by atoms with Gasteiger partial charge in [-0.15, -0.1) is 0 Å². The van der Waals surface area contributed by atoms with Gasteiger partial charge < -0.3 is 10.0 Å². The number of imidazole rings is 1. The molecule has 0 fully saturated rings. The molecule has 0 aromatic carbocycles. The number of carboxylic acids is 1. The van der Waals surface area contributed by atoms with Gasteiger partial charge in [-0.1, -0.05) is 0 Å². The second-order valence-electron chi connectivity index (χ2n) is 5.73. The monoisotopic (exact) mass is 364 g/mol. The zero-order chi connectivity index (χ0) is 19.0. The van der Waals surface area contributed by atoms with E-state index in [0.717, 1.165) is 0 Å². The molecule has 9 heteroatoms. The fraction of sp³-hybridized carbons (Fsp3) is 0.0556. The summed E-state index contributed by atoms with van der Waals surface area (Å²) >= 11 is 0. The second kappa shape index (κ2) is 6.45. The Bertz CT molecular complexity index is 1150. The smallest absolute Gasteiger partial charge is 0.341 e. The van der Waals surface area contributed by atoms with E-state index in [-0.39, 0.29) is 17.2 Å². The van der Waals surface area contributed by atoms with Gasteiger partial charge in [-0.3, -0.25) is 9.38 Å². The molecule has 27 heavy (non-hydrogen) atoms. The summed E-state index contributed by atoms with van der Waals surface area (Å²) in [6.07, 6.45) is 7.23. The summed E-state index contributed by atoms with van der Waals surface area (Å²) in [6.45, 7) is 0. The maximum atomic E-state index is 13.6. The quantitative estimate of drug-likeness (QED) is 0.595. The molecule has 0 spiro atoms. The molecule has 0 saturated heterocycles. The number of halogens is 1. The first-order chi connectivity index (χ1) is 13.0. The number of anilines is 2. The summed E-state index contributed by atoms with van der Waals surface area (Å²) in [6, 6.07) is 6.36. The maximum absolute atomic E-state index is 13.6. The van der Waals surface area contributed by atoms with Crippen LogP contribution in [0, 0.1) is 5.82 Å². The van der Waals surface area contributed by atoms with E-state index < -0.39 is 11.8 Å². The van der Waals surface area contributed by atoms with Gasteiger partial charge in [-0.05, 0) is 24.3 Å². The molecule has 4 rings (SSSR count). The van der Waals surface area contributed by atoms with E-state index in [1.165, 1.54) is 35.1 Å². The van der Waals surface area contributed by atoms with E-state index in [2.05, 4.69) is 19.9 Å². The van der Waals surface area contributed by atoms with Crippen molar-refractivity contribution >= 4 is 23.1 Å². The van der Waals surface area contributed by atoms with Crippen molar-refractivity contribution in [3.8, 4) is 11.5 Å². The van der Waals surface area contributed by atoms with Crippen molar-refractivity contribution in [1.82, 2.24) is 24.3 Å². The van der Waals surface area contributed by atoms with Crippen molar-refractivity contribution in [2.24, 2.45) is 0 Å². The first kappa shape index (κ1) is 16.6. The minimum absolute atomic E-state index is 0.0647. The second-order valence-corrected chi connectivity index (χ2v) is 5.73. The summed E-state index contributed by atoms with van der Waals surface area (Å²) in [5, 5.41) is 9.50. The van der Waals surface area contributed by atoms with Gasteiger partial charge in [0.1, 0.15) is 22.7 Å². The lowest BCUT2D eigenvalue weighted by atomic mass is 10.2. The fourth-order valence-corrected chi connectivity index (χ4v) is 2.70. The highest BCUT2D eigenvalue weighted by Crippen LogP contribution is 2.27. The molecule has 4 aromatic rings. The van der Waals surface area contributed by atoms with Crippen molar-refractivity contribution in [2.45, 2.75) is 0 Å². The first-order valence-corrected chi connectivity index (χ1v) is 7.91. The Morgan fingerprint density at radius 1 is 1.19 bits per heavy atom. The van der Waals surface area contributed by atoms with Gasteiger partial charge in [0.05, 0.1) is 18.1 Å². The maximum Gasteiger partial charge on any atom is 0.341 e. The number of hydrogen-bond acceptors (Lipinski definition) is 6. The largest absolute Gasteiger partial charge is 0.477 e. The molecule has 0 aliphatic heterocycles. The molecule has 0 aliphatic rings. The number of rotatable bonds is 4. The Kier molecular flexibility index (Phi) is 3.96. The molecule has 0 atom stereocenters. The Morgan fingerprint density at radius 3 is 2.78 bits per heavy atom. The highest BCUT2D eigenvalue weighted by molar-refractivity contribution is 5.94. The number of carbonyl (C=O) groups is 1. The summed E-state index contributed by atoms with van der Waals surface area (Å²) in [7, 11) is 1.68.